The van der Waals surface area contributed by atoms with Gasteiger partial charge in [0, 0.05) is 0 Å². The highest BCUT2D eigenvalue weighted by atomic mass is 19.1. The molecule has 1 heteroatoms. The van der Waals surface area contributed by atoms with Crippen molar-refractivity contribution in [3.05, 3.63) is 77.5 Å². The lowest BCUT2D eigenvalue weighted by Crippen LogP contribution is -1.89. The van der Waals surface area contributed by atoms with Crippen molar-refractivity contribution in [2.24, 2.45) is 0 Å². The third-order valence-electron chi connectivity index (χ3n) is 2.53. The summed E-state index contributed by atoms with van der Waals surface area (Å²) in [6.07, 6.45) is 2.99. The third-order valence-corrected chi connectivity index (χ3v) is 2.53. The highest BCUT2D eigenvalue weighted by Gasteiger charge is 1.97. The molecule has 0 nitrogen and oxygen atoms in total. The molecule has 0 unspecified atom stereocenters. The van der Waals surface area contributed by atoms with Gasteiger partial charge in [-0.15, -0.1) is 0 Å². The molecule has 0 aliphatic heterocycles. The molecular weight excluding hydrogens is 199 g/mol. The van der Waals surface area contributed by atoms with E-state index in [0.717, 1.165) is 12.0 Å². The van der Waals surface area contributed by atoms with E-state index in [1.807, 2.05) is 18.2 Å². The van der Waals surface area contributed by atoms with Gasteiger partial charge in [-0.3, -0.25) is 0 Å². The van der Waals surface area contributed by atoms with Crippen molar-refractivity contribution in [1.82, 2.24) is 0 Å². The highest BCUT2D eigenvalue weighted by molar-refractivity contribution is 5.30. The van der Waals surface area contributed by atoms with Gasteiger partial charge in [-0.05, 0) is 43.0 Å². The van der Waals surface area contributed by atoms with Crippen LogP contribution < -0.4 is 0 Å². The summed E-state index contributed by atoms with van der Waals surface area (Å²) in [5.74, 6) is -0.181. The van der Waals surface area contributed by atoms with Crippen LogP contribution in [0.2, 0.25) is 0 Å². The van der Waals surface area contributed by atoms with Crippen molar-refractivity contribution in [2.45, 2.75) is 13.3 Å². The van der Waals surface area contributed by atoms with Crippen molar-refractivity contribution < 1.29 is 4.39 Å². The molecule has 0 aliphatic rings. The molecule has 0 spiro atoms. The summed E-state index contributed by atoms with van der Waals surface area (Å²) < 4.78 is 12.7. The van der Waals surface area contributed by atoms with E-state index in [-0.39, 0.29) is 5.82 Å². The van der Waals surface area contributed by atoms with Crippen LogP contribution in [0.25, 0.3) is 0 Å². The molecule has 2 aromatic carbocycles. The second-order valence-corrected chi connectivity index (χ2v) is 3.95. The van der Waals surface area contributed by atoms with E-state index in [2.05, 4.69) is 31.5 Å². The maximum atomic E-state index is 12.7. The van der Waals surface area contributed by atoms with Gasteiger partial charge in [-0.2, -0.15) is 0 Å². The van der Waals surface area contributed by atoms with Crippen LogP contribution in [0.1, 0.15) is 16.7 Å². The molecule has 0 heterocycles. The quantitative estimate of drug-likeness (QED) is 0.724. The fourth-order valence-corrected chi connectivity index (χ4v) is 1.65. The Morgan fingerprint density at radius 2 is 1.81 bits per heavy atom. The highest BCUT2D eigenvalue weighted by Crippen LogP contribution is 2.11. The van der Waals surface area contributed by atoms with Crippen molar-refractivity contribution in [1.29, 1.82) is 0 Å². The van der Waals surface area contributed by atoms with Crippen LogP contribution in [0.5, 0.6) is 0 Å². The monoisotopic (exact) mass is 213 g/mol. The van der Waals surface area contributed by atoms with E-state index < -0.39 is 0 Å². The largest absolute Gasteiger partial charge is 0.207 e. The zero-order valence-corrected chi connectivity index (χ0v) is 9.28. The molecule has 16 heavy (non-hydrogen) atoms. The van der Waals surface area contributed by atoms with Gasteiger partial charge in [-0.1, -0.05) is 42.0 Å². The number of hydrogen-bond donors (Lipinski definition) is 0. The summed E-state index contributed by atoms with van der Waals surface area (Å²) in [4.78, 5) is 0. The van der Waals surface area contributed by atoms with E-state index in [4.69, 9.17) is 0 Å². The average molecular weight is 213 g/mol. The molecule has 81 valence electrons. The number of halogens is 1. The molecule has 0 bridgehead atoms. The van der Waals surface area contributed by atoms with E-state index in [1.54, 1.807) is 0 Å². The Hall–Kier alpha value is -1.63. The lowest BCUT2D eigenvalue weighted by Gasteiger charge is -2.02. The van der Waals surface area contributed by atoms with E-state index in [9.17, 15) is 4.39 Å². The van der Waals surface area contributed by atoms with Crippen LogP contribution in [0.3, 0.4) is 0 Å². The van der Waals surface area contributed by atoms with Gasteiger partial charge in [0.1, 0.15) is 5.82 Å². The van der Waals surface area contributed by atoms with Crippen LogP contribution in [0.15, 0.2) is 48.5 Å². The second-order valence-electron chi connectivity index (χ2n) is 3.95. The van der Waals surface area contributed by atoms with Crippen LogP contribution in [-0.2, 0) is 6.42 Å². The molecule has 1 radical (unpaired) electrons. The van der Waals surface area contributed by atoms with E-state index in [1.165, 1.54) is 23.3 Å². The SMILES string of the molecule is Cc1cccc([CH]Cc2ccc(F)cc2)c1. The first-order valence-electron chi connectivity index (χ1n) is 5.38. The predicted molar refractivity (Wildman–Crippen MR) is 64.7 cm³/mol. The first-order chi connectivity index (χ1) is 7.74. The average Bonchev–Trinajstić information content (AvgIpc) is 2.28. The number of rotatable bonds is 3. The normalized spacial score (nSPS) is 10.4. The fraction of sp³-hybridized carbons (Fsp3) is 0.133. The maximum absolute atomic E-state index is 12.7. The van der Waals surface area contributed by atoms with E-state index in [0.29, 0.717) is 0 Å². The van der Waals surface area contributed by atoms with Gasteiger partial charge in [0.2, 0.25) is 0 Å². The van der Waals surface area contributed by atoms with Crippen molar-refractivity contribution in [3.63, 3.8) is 0 Å². The first-order valence-corrected chi connectivity index (χ1v) is 5.38. The molecule has 0 N–H and O–H groups in total. The maximum Gasteiger partial charge on any atom is 0.123 e. The fourth-order valence-electron chi connectivity index (χ4n) is 1.65. The Morgan fingerprint density at radius 3 is 2.50 bits per heavy atom. The Labute approximate surface area is 95.7 Å². The topological polar surface area (TPSA) is 0 Å². The molecule has 0 fully saturated rings. The number of aryl methyl sites for hydroxylation is 1. The standard InChI is InChI=1S/C15H14F/c1-12-3-2-4-14(11-12)6-5-13-7-9-15(16)10-8-13/h2-4,6-11H,5H2,1H3. The molecule has 0 atom stereocenters. The Balaban J connectivity index is 1.99. The zero-order valence-electron chi connectivity index (χ0n) is 9.28. The lowest BCUT2D eigenvalue weighted by molar-refractivity contribution is 0.627. The summed E-state index contributed by atoms with van der Waals surface area (Å²) >= 11 is 0. The molecule has 2 aromatic rings. The number of benzene rings is 2. The van der Waals surface area contributed by atoms with Crippen molar-refractivity contribution in [3.8, 4) is 0 Å². The Kier molecular flexibility index (Phi) is 3.35. The third kappa shape index (κ3) is 2.93. The Bertz CT molecular complexity index is 457. The minimum Gasteiger partial charge on any atom is -0.207 e. The van der Waals surface area contributed by atoms with Crippen LogP contribution in [0, 0.1) is 19.2 Å². The van der Waals surface area contributed by atoms with Gasteiger partial charge in [0.15, 0.2) is 0 Å². The second kappa shape index (κ2) is 4.93. The summed E-state index contributed by atoms with van der Waals surface area (Å²) in [5.41, 5.74) is 3.60. The van der Waals surface area contributed by atoms with Gasteiger partial charge in [0.25, 0.3) is 0 Å². The van der Waals surface area contributed by atoms with Crippen LogP contribution in [-0.4, -0.2) is 0 Å². The molecule has 0 aliphatic carbocycles. The van der Waals surface area contributed by atoms with E-state index >= 15 is 0 Å². The molecule has 0 amide bonds. The van der Waals surface area contributed by atoms with Gasteiger partial charge < -0.3 is 0 Å². The molecular formula is C15H14F. The number of hydrogen-bond acceptors (Lipinski definition) is 0. The molecule has 0 aromatic heterocycles. The molecule has 2 rings (SSSR count). The zero-order chi connectivity index (χ0) is 11.4. The minimum absolute atomic E-state index is 0.181. The lowest BCUT2D eigenvalue weighted by atomic mass is 10.0. The van der Waals surface area contributed by atoms with Crippen LogP contribution >= 0.6 is 0 Å². The Morgan fingerprint density at radius 1 is 1.06 bits per heavy atom. The summed E-state index contributed by atoms with van der Waals surface area (Å²) in [6, 6.07) is 15.0. The molecule has 0 saturated heterocycles. The first kappa shape index (κ1) is 10.9. The van der Waals surface area contributed by atoms with Crippen LogP contribution in [0.4, 0.5) is 4.39 Å². The summed E-state index contributed by atoms with van der Waals surface area (Å²) in [5, 5.41) is 0. The molecule has 0 saturated carbocycles. The summed E-state index contributed by atoms with van der Waals surface area (Å²) in [6.45, 7) is 2.08. The van der Waals surface area contributed by atoms with Gasteiger partial charge in [-0.25, -0.2) is 4.39 Å². The smallest absolute Gasteiger partial charge is 0.123 e. The predicted octanol–water partition coefficient (Wildman–Crippen LogP) is 3.93. The van der Waals surface area contributed by atoms with Crippen molar-refractivity contribution in [2.75, 3.05) is 0 Å². The van der Waals surface area contributed by atoms with Gasteiger partial charge in [0.05, 0.1) is 0 Å². The summed E-state index contributed by atoms with van der Waals surface area (Å²) in [7, 11) is 0. The minimum atomic E-state index is -0.181. The van der Waals surface area contributed by atoms with Gasteiger partial charge >= 0.3 is 0 Å². The van der Waals surface area contributed by atoms with Crippen molar-refractivity contribution >= 4 is 0 Å².